The minimum absolute atomic E-state index is 0.286. The minimum atomic E-state index is 0.286. The fraction of sp³-hybridized carbons (Fsp3) is 1.00. The van der Waals surface area contributed by atoms with Crippen molar-refractivity contribution in [3.63, 3.8) is 0 Å². The summed E-state index contributed by atoms with van der Waals surface area (Å²) >= 11 is 0. The molecule has 2 fully saturated rings. The summed E-state index contributed by atoms with van der Waals surface area (Å²) in [4.78, 5) is 7.74. The zero-order chi connectivity index (χ0) is 15.3. The Morgan fingerprint density at radius 2 is 1.76 bits per heavy atom. The highest BCUT2D eigenvalue weighted by Gasteiger charge is 2.37. The fourth-order valence-electron chi connectivity index (χ4n) is 4.01. The van der Waals surface area contributed by atoms with Crippen molar-refractivity contribution in [2.24, 2.45) is 11.7 Å². The normalized spacial score (nSPS) is 32.7. The van der Waals surface area contributed by atoms with Crippen molar-refractivity contribution < 1.29 is 0 Å². The van der Waals surface area contributed by atoms with Gasteiger partial charge in [-0.05, 0) is 45.2 Å². The van der Waals surface area contributed by atoms with Gasteiger partial charge in [-0.1, -0.05) is 13.8 Å². The third kappa shape index (κ3) is 4.41. The number of piperazine rings is 1. The molecule has 1 heterocycles. The van der Waals surface area contributed by atoms with Crippen LogP contribution in [0.1, 0.15) is 39.5 Å². The zero-order valence-electron chi connectivity index (χ0n) is 14.5. The van der Waals surface area contributed by atoms with Crippen LogP contribution in [-0.2, 0) is 0 Å². The zero-order valence-corrected chi connectivity index (χ0v) is 14.5. The van der Waals surface area contributed by atoms with E-state index in [9.17, 15) is 0 Å². The summed E-state index contributed by atoms with van der Waals surface area (Å²) in [6.45, 7) is 13.9. The van der Waals surface area contributed by atoms with Gasteiger partial charge in [-0.2, -0.15) is 0 Å². The summed E-state index contributed by atoms with van der Waals surface area (Å²) in [5.41, 5.74) is 6.51. The second-order valence-corrected chi connectivity index (χ2v) is 7.34. The quantitative estimate of drug-likeness (QED) is 0.805. The van der Waals surface area contributed by atoms with E-state index in [2.05, 4.69) is 35.6 Å². The second kappa shape index (κ2) is 7.91. The van der Waals surface area contributed by atoms with Crippen LogP contribution < -0.4 is 5.73 Å². The van der Waals surface area contributed by atoms with E-state index in [1.165, 1.54) is 65.0 Å². The smallest absolute Gasteiger partial charge is 0.0332 e. The van der Waals surface area contributed by atoms with Crippen molar-refractivity contribution in [1.29, 1.82) is 0 Å². The largest absolute Gasteiger partial charge is 0.329 e. The lowest BCUT2D eigenvalue weighted by atomic mass is 9.76. The van der Waals surface area contributed by atoms with E-state index < -0.39 is 0 Å². The monoisotopic (exact) mass is 296 g/mol. The Balaban J connectivity index is 1.86. The van der Waals surface area contributed by atoms with Crippen molar-refractivity contribution >= 4 is 0 Å². The summed E-state index contributed by atoms with van der Waals surface area (Å²) in [5.74, 6) is 0.890. The minimum Gasteiger partial charge on any atom is -0.329 e. The molecule has 1 aliphatic carbocycles. The van der Waals surface area contributed by atoms with Gasteiger partial charge in [-0.3, -0.25) is 9.80 Å². The predicted molar refractivity (Wildman–Crippen MR) is 90.6 cm³/mol. The number of hydrogen-bond acceptors (Lipinski definition) is 4. The van der Waals surface area contributed by atoms with Crippen LogP contribution in [0, 0.1) is 5.92 Å². The van der Waals surface area contributed by atoms with Gasteiger partial charge in [0.15, 0.2) is 0 Å². The number of rotatable bonds is 6. The van der Waals surface area contributed by atoms with Gasteiger partial charge in [-0.15, -0.1) is 0 Å². The molecule has 4 heteroatoms. The number of nitrogens with two attached hydrogens (primary N) is 1. The lowest BCUT2D eigenvalue weighted by Gasteiger charge is -2.48. The molecule has 2 aliphatic rings. The van der Waals surface area contributed by atoms with Crippen molar-refractivity contribution in [3.05, 3.63) is 0 Å². The molecule has 0 aromatic heterocycles. The Labute approximate surface area is 131 Å². The Bertz CT molecular complexity index is 291. The molecule has 21 heavy (non-hydrogen) atoms. The number of likely N-dealkylation sites (N-methyl/N-ethyl adjacent to an activating group) is 2. The molecular formula is C17H36N4. The maximum absolute atomic E-state index is 6.23. The Hall–Kier alpha value is -0.160. The number of hydrogen-bond donors (Lipinski definition) is 1. The van der Waals surface area contributed by atoms with Crippen LogP contribution in [0.15, 0.2) is 0 Å². The predicted octanol–water partition coefficient (Wildman–Crippen LogP) is 1.46. The van der Waals surface area contributed by atoms with E-state index in [4.69, 9.17) is 5.73 Å². The lowest BCUT2D eigenvalue weighted by molar-refractivity contribution is 0.0355. The molecule has 0 amide bonds. The van der Waals surface area contributed by atoms with Gasteiger partial charge in [0.25, 0.3) is 0 Å². The topological polar surface area (TPSA) is 35.7 Å². The van der Waals surface area contributed by atoms with Crippen LogP contribution >= 0.6 is 0 Å². The van der Waals surface area contributed by atoms with Crippen LogP contribution in [0.5, 0.6) is 0 Å². The Kier molecular flexibility index (Phi) is 6.48. The van der Waals surface area contributed by atoms with Crippen LogP contribution in [0.25, 0.3) is 0 Å². The van der Waals surface area contributed by atoms with Gasteiger partial charge in [0, 0.05) is 51.4 Å². The second-order valence-electron chi connectivity index (χ2n) is 7.34. The summed E-state index contributed by atoms with van der Waals surface area (Å²) in [6.07, 6.45) is 5.28. The molecular weight excluding hydrogens is 260 g/mol. The average Bonchev–Trinajstić information content (AvgIpc) is 2.51. The molecule has 0 aromatic rings. The van der Waals surface area contributed by atoms with Crippen LogP contribution in [0.3, 0.4) is 0 Å². The molecule has 0 radical (unpaired) electrons. The molecule has 0 atom stereocenters. The van der Waals surface area contributed by atoms with Crippen LogP contribution in [0.4, 0.5) is 0 Å². The molecule has 0 bridgehead atoms. The molecule has 0 aromatic carbocycles. The van der Waals surface area contributed by atoms with Gasteiger partial charge < -0.3 is 10.6 Å². The van der Waals surface area contributed by atoms with Gasteiger partial charge in [0.05, 0.1) is 0 Å². The van der Waals surface area contributed by atoms with Crippen molar-refractivity contribution in [2.75, 3.05) is 59.4 Å². The third-order valence-corrected chi connectivity index (χ3v) is 5.92. The van der Waals surface area contributed by atoms with Crippen molar-refractivity contribution in [1.82, 2.24) is 14.7 Å². The summed E-state index contributed by atoms with van der Waals surface area (Å²) in [5, 5.41) is 0. The van der Waals surface area contributed by atoms with Gasteiger partial charge in [0.2, 0.25) is 0 Å². The molecule has 1 saturated heterocycles. The van der Waals surface area contributed by atoms with E-state index in [-0.39, 0.29) is 5.54 Å². The standard InChI is InChI=1S/C17H36N4/c1-4-21(14-13-20-11-9-19(3)10-12-20)17(15-18)7-5-16(2)6-8-17/h16H,4-15,18H2,1-3H3. The Morgan fingerprint density at radius 3 is 2.29 bits per heavy atom. The molecule has 2 rings (SSSR count). The molecule has 0 spiro atoms. The molecule has 1 saturated carbocycles. The first-order chi connectivity index (χ1) is 10.1. The maximum Gasteiger partial charge on any atom is 0.0332 e. The van der Waals surface area contributed by atoms with E-state index in [1.54, 1.807) is 0 Å². The lowest BCUT2D eigenvalue weighted by Crippen LogP contribution is -2.57. The fourth-order valence-corrected chi connectivity index (χ4v) is 4.01. The average molecular weight is 297 g/mol. The maximum atomic E-state index is 6.23. The van der Waals surface area contributed by atoms with Crippen LogP contribution in [0.2, 0.25) is 0 Å². The summed E-state index contributed by atoms with van der Waals surface area (Å²) in [6, 6.07) is 0. The van der Waals surface area contributed by atoms with Crippen molar-refractivity contribution in [2.45, 2.75) is 45.1 Å². The Morgan fingerprint density at radius 1 is 1.14 bits per heavy atom. The first-order valence-corrected chi connectivity index (χ1v) is 8.95. The molecule has 1 aliphatic heterocycles. The summed E-state index contributed by atoms with van der Waals surface area (Å²) in [7, 11) is 2.22. The van der Waals surface area contributed by atoms with Crippen LogP contribution in [-0.4, -0.2) is 79.6 Å². The van der Waals surface area contributed by atoms with Gasteiger partial charge >= 0.3 is 0 Å². The van der Waals surface area contributed by atoms with E-state index in [1.807, 2.05) is 0 Å². The number of nitrogens with zero attached hydrogens (tertiary/aromatic N) is 3. The molecule has 124 valence electrons. The first kappa shape index (κ1) is 17.2. The van der Waals surface area contributed by atoms with Crippen molar-refractivity contribution in [3.8, 4) is 0 Å². The van der Waals surface area contributed by atoms with Gasteiger partial charge in [0.1, 0.15) is 0 Å². The van der Waals surface area contributed by atoms with E-state index in [0.717, 1.165) is 19.0 Å². The van der Waals surface area contributed by atoms with Gasteiger partial charge in [-0.25, -0.2) is 0 Å². The molecule has 2 N–H and O–H groups in total. The molecule has 0 unspecified atom stereocenters. The van der Waals surface area contributed by atoms with E-state index in [0.29, 0.717) is 0 Å². The first-order valence-electron chi connectivity index (χ1n) is 8.95. The molecule has 4 nitrogen and oxygen atoms in total. The van der Waals surface area contributed by atoms with E-state index >= 15 is 0 Å². The summed E-state index contributed by atoms with van der Waals surface area (Å²) < 4.78 is 0. The SMILES string of the molecule is CCN(CCN1CCN(C)CC1)C1(CN)CCC(C)CC1. The highest BCUT2D eigenvalue weighted by atomic mass is 15.3. The highest BCUT2D eigenvalue weighted by Crippen LogP contribution is 2.35. The highest BCUT2D eigenvalue weighted by molar-refractivity contribution is 4.95. The third-order valence-electron chi connectivity index (χ3n) is 5.92.